The molecular weight excluding hydrogens is 580 g/mol. The van der Waals surface area contributed by atoms with E-state index in [9.17, 15) is 13.2 Å². The lowest BCUT2D eigenvalue weighted by Crippen LogP contribution is -2.43. The van der Waals surface area contributed by atoms with E-state index in [0.29, 0.717) is 22.8 Å². The van der Waals surface area contributed by atoms with Crippen molar-refractivity contribution >= 4 is 62.2 Å². The van der Waals surface area contributed by atoms with Crippen LogP contribution in [-0.4, -0.2) is 53.0 Å². The normalized spacial score (nSPS) is 15.4. The minimum Gasteiger partial charge on any atom is -0.481 e. The lowest BCUT2D eigenvalue weighted by molar-refractivity contribution is -0.135. The second-order valence-corrected chi connectivity index (χ2v) is 11.6. The third-order valence-corrected chi connectivity index (χ3v) is 7.22. The Morgan fingerprint density at radius 2 is 1.89 bits per heavy atom. The van der Waals surface area contributed by atoms with Crippen molar-refractivity contribution in [1.82, 2.24) is 19.3 Å². The first kappa shape index (κ1) is 26.5. The van der Waals surface area contributed by atoms with Crippen LogP contribution >= 0.6 is 34.8 Å². The number of aromatic nitrogens is 3. The quantitative estimate of drug-likeness (QED) is 0.321. The molecule has 4 aromatic rings. The van der Waals surface area contributed by atoms with Crippen LogP contribution in [0.1, 0.15) is 23.0 Å². The van der Waals surface area contributed by atoms with Gasteiger partial charge in [0.2, 0.25) is 10.0 Å². The van der Waals surface area contributed by atoms with Gasteiger partial charge in [-0.25, -0.2) is 22.8 Å². The Hall–Kier alpha value is -3.12. The fourth-order valence-corrected chi connectivity index (χ4v) is 5.38. The maximum absolute atomic E-state index is 15.2. The number of nitrogens with zero attached hydrogens (tertiary/aromatic N) is 4. The van der Waals surface area contributed by atoms with E-state index < -0.39 is 34.4 Å². The Bertz CT molecular complexity index is 1680. The summed E-state index contributed by atoms with van der Waals surface area (Å²) in [7, 11) is -3.55. The van der Waals surface area contributed by atoms with Crippen LogP contribution in [0.3, 0.4) is 0 Å². The molecule has 0 fully saturated rings. The highest BCUT2D eigenvalue weighted by molar-refractivity contribution is 7.92. The van der Waals surface area contributed by atoms with Crippen molar-refractivity contribution < 1.29 is 22.3 Å². The molecule has 4 heterocycles. The number of fused-ring (bicyclic) bond motifs is 3. The largest absolute Gasteiger partial charge is 0.481 e. The number of hydrogen-bond acceptors (Lipinski definition) is 6. The van der Waals surface area contributed by atoms with Gasteiger partial charge >= 0.3 is 0 Å². The number of nitrogens with one attached hydrogen (secondary N) is 1. The van der Waals surface area contributed by atoms with Gasteiger partial charge in [0.1, 0.15) is 23.3 Å². The predicted octanol–water partition coefficient (Wildman–Crippen LogP) is 4.75. The Morgan fingerprint density at radius 1 is 1.13 bits per heavy atom. The number of anilines is 1. The number of hydrogen-bond donors (Lipinski definition) is 1. The number of imidazole rings is 1. The van der Waals surface area contributed by atoms with Gasteiger partial charge in [-0.05, 0) is 30.3 Å². The van der Waals surface area contributed by atoms with E-state index in [1.807, 2.05) is 0 Å². The summed E-state index contributed by atoms with van der Waals surface area (Å²) < 4.78 is 47.7. The third-order valence-electron chi connectivity index (χ3n) is 5.89. The van der Waals surface area contributed by atoms with Crippen LogP contribution in [0.15, 0.2) is 48.7 Å². The van der Waals surface area contributed by atoms with E-state index in [2.05, 4.69) is 14.7 Å². The van der Waals surface area contributed by atoms with Gasteiger partial charge in [0, 0.05) is 40.8 Å². The lowest BCUT2D eigenvalue weighted by atomic mass is 9.95. The molecule has 0 radical (unpaired) electrons. The predicted molar refractivity (Wildman–Crippen MR) is 142 cm³/mol. The van der Waals surface area contributed by atoms with E-state index in [1.165, 1.54) is 23.1 Å². The van der Waals surface area contributed by atoms with E-state index in [0.717, 1.165) is 11.9 Å². The molecule has 1 aliphatic heterocycles. The lowest BCUT2D eigenvalue weighted by Gasteiger charge is -2.36. The van der Waals surface area contributed by atoms with Crippen molar-refractivity contribution in [2.45, 2.75) is 12.5 Å². The Labute approximate surface area is 232 Å². The molecule has 14 heteroatoms. The molecule has 1 atom stereocenters. The molecule has 0 aliphatic carbocycles. The summed E-state index contributed by atoms with van der Waals surface area (Å²) in [5, 5.41) is 0.592. The highest BCUT2D eigenvalue weighted by Crippen LogP contribution is 2.38. The highest BCUT2D eigenvalue weighted by Gasteiger charge is 2.37. The van der Waals surface area contributed by atoms with E-state index >= 15 is 4.39 Å². The maximum Gasteiger partial charge on any atom is 0.261 e. The average molecular weight is 599 g/mol. The highest BCUT2D eigenvalue weighted by atomic mass is 35.5. The van der Waals surface area contributed by atoms with Crippen molar-refractivity contribution in [1.29, 1.82) is 0 Å². The van der Waals surface area contributed by atoms with E-state index in [4.69, 9.17) is 39.5 Å². The molecule has 198 valence electrons. The summed E-state index contributed by atoms with van der Waals surface area (Å²) in [6, 6.07) is 9.62. The Morgan fingerprint density at radius 3 is 2.61 bits per heavy atom. The summed E-state index contributed by atoms with van der Waals surface area (Å²) in [5.74, 6) is -0.923. The van der Waals surface area contributed by atoms with Crippen LogP contribution in [-0.2, 0) is 21.2 Å². The first-order chi connectivity index (χ1) is 18.0. The number of amides is 1. The zero-order chi connectivity index (χ0) is 27.2. The minimum absolute atomic E-state index is 0.00530. The van der Waals surface area contributed by atoms with Crippen molar-refractivity contribution in [2.24, 2.45) is 0 Å². The van der Waals surface area contributed by atoms with Gasteiger partial charge < -0.3 is 14.0 Å². The number of carbonyl (C=O) groups excluding carboxylic acids is 1. The summed E-state index contributed by atoms with van der Waals surface area (Å²) in [6.45, 7) is -0.174. The Kier molecular flexibility index (Phi) is 7.12. The van der Waals surface area contributed by atoms with Crippen LogP contribution in [0.5, 0.6) is 5.75 Å². The molecule has 1 unspecified atom stereocenters. The third kappa shape index (κ3) is 5.37. The molecule has 1 N–H and O–H groups in total. The summed E-state index contributed by atoms with van der Waals surface area (Å²) in [5.41, 5.74) is 2.18. The summed E-state index contributed by atoms with van der Waals surface area (Å²) in [4.78, 5) is 23.6. The number of carbonyl (C=O) groups is 1. The molecule has 9 nitrogen and oxygen atoms in total. The number of rotatable bonds is 6. The first-order valence-corrected chi connectivity index (χ1v) is 14.2. The van der Waals surface area contributed by atoms with Gasteiger partial charge in [-0.3, -0.25) is 9.52 Å². The average Bonchev–Trinajstić information content (AvgIpc) is 3.19. The van der Waals surface area contributed by atoms with Gasteiger partial charge in [-0.2, -0.15) is 0 Å². The maximum atomic E-state index is 15.2. The van der Waals surface area contributed by atoms with Crippen molar-refractivity contribution in [3.05, 3.63) is 86.6 Å². The molecule has 1 amide bonds. The fourth-order valence-electron chi connectivity index (χ4n) is 4.37. The zero-order valence-electron chi connectivity index (χ0n) is 19.7. The number of ether oxygens (including phenoxy) is 1. The molecule has 1 aliphatic rings. The smallest absolute Gasteiger partial charge is 0.261 e. The second kappa shape index (κ2) is 10.2. The SMILES string of the molecule is CS(=O)(=O)Nc1ccc(OCC(=O)N2CCc3nc4cc(Cl)ccn4c3C2c2ccc(Cl)cc2F)c(Cl)n1. The number of pyridine rings is 2. The van der Waals surface area contributed by atoms with E-state index in [1.54, 1.807) is 34.9 Å². The van der Waals surface area contributed by atoms with Crippen LogP contribution in [0.4, 0.5) is 10.2 Å². The van der Waals surface area contributed by atoms with E-state index in [-0.39, 0.29) is 33.9 Å². The van der Waals surface area contributed by atoms with Crippen molar-refractivity contribution in [3.63, 3.8) is 0 Å². The van der Waals surface area contributed by atoms with Crippen LogP contribution in [0.25, 0.3) is 5.65 Å². The zero-order valence-corrected chi connectivity index (χ0v) is 22.7. The first-order valence-electron chi connectivity index (χ1n) is 11.2. The summed E-state index contributed by atoms with van der Waals surface area (Å²) >= 11 is 18.3. The summed E-state index contributed by atoms with van der Waals surface area (Å²) in [6.07, 6.45) is 3.14. The molecule has 1 aromatic carbocycles. The topological polar surface area (TPSA) is 106 Å². The molecule has 5 rings (SSSR count). The molecule has 38 heavy (non-hydrogen) atoms. The Balaban J connectivity index is 1.47. The molecule has 0 spiro atoms. The molecule has 0 saturated heterocycles. The molecule has 3 aromatic heterocycles. The molecular formula is C24H19Cl3FN5O4S. The van der Waals surface area contributed by atoms with Gasteiger partial charge in [-0.1, -0.05) is 40.9 Å². The molecule has 0 bridgehead atoms. The molecule has 0 saturated carbocycles. The van der Waals surface area contributed by atoms with Gasteiger partial charge in [0.05, 0.1) is 17.6 Å². The van der Waals surface area contributed by atoms with Crippen LogP contribution in [0.2, 0.25) is 15.2 Å². The fraction of sp³-hybridized carbons (Fsp3) is 0.208. The van der Waals surface area contributed by atoms with Gasteiger partial charge in [0.25, 0.3) is 5.91 Å². The van der Waals surface area contributed by atoms with Crippen molar-refractivity contribution in [2.75, 3.05) is 24.1 Å². The van der Waals surface area contributed by atoms with Crippen LogP contribution < -0.4 is 9.46 Å². The minimum atomic E-state index is -3.55. The van der Waals surface area contributed by atoms with Gasteiger partial charge in [-0.15, -0.1) is 0 Å². The second-order valence-electron chi connectivity index (χ2n) is 8.57. The number of sulfonamides is 1. The van der Waals surface area contributed by atoms with Gasteiger partial charge in [0.15, 0.2) is 17.5 Å². The van der Waals surface area contributed by atoms with Crippen LogP contribution in [0, 0.1) is 5.82 Å². The number of benzene rings is 1. The van der Waals surface area contributed by atoms with Crippen molar-refractivity contribution in [3.8, 4) is 5.75 Å². The monoisotopic (exact) mass is 597 g/mol. The number of halogens is 4. The standard InChI is InChI=1S/C24H19Cl3FN5O4S/c1-38(35,36)31-19-5-4-18(24(27)30-19)37-12-21(34)33-9-7-17-23(32-8-6-14(26)11-20(32)29-17)22(33)15-3-2-13(25)10-16(15)28/h2-6,8,10-11,22H,7,9,12H2,1H3,(H,30,31).